The number of nitrogens with zero attached hydrogens (tertiary/aromatic N) is 3. The molecule has 60 heavy (non-hydrogen) atoms. The van der Waals surface area contributed by atoms with Gasteiger partial charge in [0, 0.05) is 41.2 Å². The second kappa shape index (κ2) is 18.0. The number of hydrogen-bond donors (Lipinski definition) is 1. The maximum Gasteiger partial charge on any atom is 0.270 e. The van der Waals surface area contributed by atoms with Crippen LogP contribution in [-0.2, 0) is 28.9 Å². The molecule has 9 nitrogen and oxygen atoms in total. The first kappa shape index (κ1) is 43.2. The van der Waals surface area contributed by atoms with Crippen molar-refractivity contribution in [1.29, 1.82) is 0 Å². The summed E-state index contributed by atoms with van der Waals surface area (Å²) < 4.78 is 34.6. The Labute approximate surface area is 359 Å². The average molecular weight is 841 g/mol. The highest BCUT2D eigenvalue weighted by molar-refractivity contribution is 7.90. The SMILES string of the molecule is CN(C)CC#Cc1cccc(-c2nc(C(=O)NCc3ccc4c(c3)OCO4)cc3c2C(CCO[Si](c2ccccc2)(c2ccccc2)C(C)(C)C)N([S+]([O-])C(C)(C)C)C3)c1. The number of pyridine rings is 1. The minimum atomic E-state index is -2.87. The summed E-state index contributed by atoms with van der Waals surface area (Å²) in [5.41, 5.74) is 5.43. The van der Waals surface area contributed by atoms with Gasteiger partial charge in [-0.05, 0) is 98.2 Å². The summed E-state index contributed by atoms with van der Waals surface area (Å²) in [6.07, 6.45) is 0.561. The van der Waals surface area contributed by atoms with E-state index in [-0.39, 0.29) is 30.3 Å². The first-order valence-electron chi connectivity index (χ1n) is 20.5. The van der Waals surface area contributed by atoms with Gasteiger partial charge in [0.1, 0.15) is 10.4 Å². The molecule has 0 saturated heterocycles. The lowest BCUT2D eigenvalue weighted by molar-refractivity contribution is 0.0945. The van der Waals surface area contributed by atoms with Gasteiger partial charge in [0.2, 0.25) is 6.79 Å². The van der Waals surface area contributed by atoms with E-state index in [1.165, 1.54) is 10.4 Å². The molecular formula is C49H56N4O5SSi. The third-order valence-electron chi connectivity index (χ3n) is 10.9. The van der Waals surface area contributed by atoms with Crippen LogP contribution in [0.5, 0.6) is 11.5 Å². The van der Waals surface area contributed by atoms with Crippen molar-refractivity contribution >= 4 is 36.0 Å². The van der Waals surface area contributed by atoms with Gasteiger partial charge in [0.05, 0.1) is 24.8 Å². The van der Waals surface area contributed by atoms with E-state index in [0.717, 1.165) is 27.8 Å². The van der Waals surface area contributed by atoms with Crippen LogP contribution in [0.25, 0.3) is 11.3 Å². The Hall–Kier alpha value is -4.93. The van der Waals surface area contributed by atoms with Crippen molar-refractivity contribution in [3.05, 3.63) is 137 Å². The Bertz CT molecular complexity index is 2330. The first-order valence-corrected chi connectivity index (χ1v) is 23.6. The molecule has 0 fully saturated rings. The van der Waals surface area contributed by atoms with E-state index in [2.05, 4.69) is 103 Å². The van der Waals surface area contributed by atoms with E-state index in [1.54, 1.807) is 0 Å². The lowest BCUT2D eigenvalue weighted by Gasteiger charge is -2.43. The topological polar surface area (TPSA) is 99.2 Å². The molecule has 3 heterocycles. The Morgan fingerprint density at radius 2 is 1.60 bits per heavy atom. The standard InChI is InChI=1S/C49H56N4O5SSi/c1-48(2,3)59(55)53-33-38-31-41(47(54)50-32-36-24-25-43-44(30-36)57-34-56-43)51-46(37-19-15-17-35(29-37)18-16-27-52(7)8)45(38)42(53)26-28-58-60(49(4,5)6,39-20-11-9-12-21-39)40-22-13-10-14-23-40/h9-15,17,19-25,29-31,42H,26-28,32-34H2,1-8H3,(H,50,54). The number of carbonyl (C=O) groups is 1. The molecule has 2 atom stereocenters. The number of amides is 1. The number of carbonyl (C=O) groups excluding carboxylic acids is 1. The van der Waals surface area contributed by atoms with Gasteiger partial charge in [0.25, 0.3) is 14.2 Å². The lowest BCUT2D eigenvalue weighted by atomic mass is 9.95. The number of fused-ring (bicyclic) bond motifs is 2. The third-order valence-corrected chi connectivity index (χ3v) is 17.8. The normalized spacial score (nSPS) is 15.7. The average Bonchev–Trinajstić information content (AvgIpc) is 3.85. The predicted molar refractivity (Wildman–Crippen MR) is 243 cm³/mol. The molecule has 2 unspecified atom stereocenters. The van der Waals surface area contributed by atoms with Crippen LogP contribution in [0.4, 0.5) is 0 Å². The van der Waals surface area contributed by atoms with Crippen LogP contribution in [0.1, 0.15) is 86.7 Å². The minimum Gasteiger partial charge on any atom is -0.597 e. The highest BCUT2D eigenvalue weighted by Gasteiger charge is 2.51. The van der Waals surface area contributed by atoms with Crippen LogP contribution in [0, 0.1) is 11.8 Å². The van der Waals surface area contributed by atoms with Gasteiger partial charge in [-0.25, -0.2) is 4.98 Å². The molecule has 1 N–H and O–H groups in total. The third kappa shape index (κ3) is 9.20. The molecule has 7 rings (SSSR count). The summed E-state index contributed by atoms with van der Waals surface area (Å²) in [7, 11) is 1.12. The molecule has 11 heteroatoms. The zero-order chi connectivity index (χ0) is 42.7. The number of aromatic nitrogens is 1. The maximum absolute atomic E-state index is 14.6. The largest absolute Gasteiger partial charge is 0.597 e. The van der Waals surface area contributed by atoms with Crippen molar-refractivity contribution in [2.75, 3.05) is 34.0 Å². The predicted octanol–water partition coefficient (Wildman–Crippen LogP) is 7.61. The monoisotopic (exact) mass is 840 g/mol. The van der Waals surface area contributed by atoms with E-state index < -0.39 is 24.4 Å². The summed E-state index contributed by atoms with van der Waals surface area (Å²) in [6.45, 7) is 14.7. The number of ether oxygens (including phenoxy) is 2. The number of rotatable bonds is 12. The molecule has 0 saturated carbocycles. The summed E-state index contributed by atoms with van der Waals surface area (Å²) in [6, 6.07) is 36.5. The van der Waals surface area contributed by atoms with Gasteiger partial charge in [-0.1, -0.05) is 111 Å². The van der Waals surface area contributed by atoms with Crippen LogP contribution < -0.4 is 25.2 Å². The molecule has 1 aromatic heterocycles. The van der Waals surface area contributed by atoms with E-state index in [1.807, 2.05) is 88.3 Å². The van der Waals surface area contributed by atoms with E-state index in [9.17, 15) is 9.35 Å². The van der Waals surface area contributed by atoms with Crippen molar-refractivity contribution in [1.82, 2.24) is 19.5 Å². The van der Waals surface area contributed by atoms with Crippen molar-refractivity contribution < 1.29 is 23.2 Å². The van der Waals surface area contributed by atoms with Gasteiger partial charge in [-0.3, -0.25) is 9.69 Å². The van der Waals surface area contributed by atoms with Gasteiger partial charge >= 0.3 is 0 Å². The van der Waals surface area contributed by atoms with Crippen LogP contribution in [-0.4, -0.2) is 71.8 Å². The Morgan fingerprint density at radius 3 is 2.25 bits per heavy atom. The van der Waals surface area contributed by atoms with Crippen molar-refractivity contribution in [2.45, 2.75) is 76.9 Å². The molecule has 312 valence electrons. The zero-order valence-electron chi connectivity index (χ0n) is 36.0. The highest BCUT2D eigenvalue weighted by atomic mass is 32.2. The molecule has 2 aliphatic rings. The molecule has 0 aliphatic carbocycles. The quantitative estimate of drug-likeness (QED) is 0.0780. The van der Waals surface area contributed by atoms with Gasteiger partial charge in [-0.2, -0.15) is 0 Å². The second-order valence-corrected chi connectivity index (χ2v) is 24.2. The maximum atomic E-state index is 14.6. The minimum absolute atomic E-state index is 0.180. The summed E-state index contributed by atoms with van der Waals surface area (Å²) in [5.74, 6) is 7.60. The van der Waals surface area contributed by atoms with Crippen molar-refractivity contribution in [2.24, 2.45) is 0 Å². The van der Waals surface area contributed by atoms with Crippen LogP contribution in [0.2, 0.25) is 5.04 Å². The fourth-order valence-electron chi connectivity index (χ4n) is 8.14. The fourth-order valence-corrected chi connectivity index (χ4v) is 14.1. The van der Waals surface area contributed by atoms with E-state index >= 15 is 0 Å². The Balaban J connectivity index is 1.30. The number of benzene rings is 4. The van der Waals surface area contributed by atoms with Gasteiger partial charge in [-0.15, -0.1) is 4.31 Å². The molecular weight excluding hydrogens is 785 g/mol. The first-order chi connectivity index (χ1) is 28.7. The second-order valence-electron chi connectivity index (χ2n) is 17.7. The van der Waals surface area contributed by atoms with Gasteiger partial charge < -0.3 is 23.8 Å². The van der Waals surface area contributed by atoms with Crippen LogP contribution in [0.3, 0.4) is 0 Å². The highest BCUT2D eigenvalue weighted by Crippen LogP contribution is 2.46. The molecule has 0 bridgehead atoms. The number of nitrogens with one attached hydrogen (secondary N) is 1. The molecule has 2 aliphatic heterocycles. The Kier molecular flexibility index (Phi) is 12.9. The molecule has 1 amide bonds. The smallest absolute Gasteiger partial charge is 0.270 e. The molecule has 5 aromatic rings. The molecule has 0 radical (unpaired) electrons. The van der Waals surface area contributed by atoms with E-state index in [4.69, 9.17) is 18.9 Å². The van der Waals surface area contributed by atoms with Gasteiger partial charge in [0.15, 0.2) is 11.5 Å². The van der Waals surface area contributed by atoms with Crippen molar-refractivity contribution in [3.63, 3.8) is 0 Å². The molecule has 0 spiro atoms. The van der Waals surface area contributed by atoms with E-state index in [0.29, 0.717) is 49.0 Å². The summed E-state index contributed by atoms with van der Waals surface area (Å²) >= 11 is -1.39. The van der Waals surface area contributed by atoms with Crippen LogP contribution >= 0.6 is 0 Å². The summed E-state index contributed by atoms with van der Waals surface area (Å²) in [4.78, 5) is 21.3. The Morgan fingerprint density at radius 1 is 0.917 bits per heavy atom. The number of hydrogen-bond acceptors (Lipinski definition) is 8. The van der Waals surface area contributed by atoms with Crippen LogP contribution in [0.15, 0.2) is 109 Å². The molecule has 4 aromatic carbocycles. The fraction of sp³-hybridized carbons (Fsp3) is 0.347. The lowest BCUT2D eigenvalue weighted by Crippen LogP contribution is -2.66. The zero-order valence-corrected chi connectivity index (χ0v) is 37.8. The van der Waals surface area contributed by atoms with Crippen molar-refractivity contribution in [3.8, 4) is 34.6 Å². The summed E-state index contributed by atoms with van der Waals surface area (Å²) in [5, 5.41) is 5.28.